The summed E-state index contributed by atoms with van der Waals surface area (Å²) in [5.74, 6) is 0. The van der Waals surface area contributed by atoms with Crippen LogP contribution in [0.4, 0.5) is 0 Å². The minimum atomic E-state index is -0.166. The van der Waals surface area contributed by atoms with Crippen LogP contribution in [-0.4, -0.2) is 34.6 Å². The SMILES string of the molecule is Cn1cc(C(CN)OCCO)cn1. The van der Waals surface area contributed by atoms with Gasteiger partial charge in [-0.05, 0) is 0 Å². The summed E-state index contributed by atoms with van der Waals surface area (Å²) in [7, 11) is 1.84. The van der Waals surface area contributed by atoms with E-state index in [-0.39, 0.29) is 12.7 Å². The highest BCUT2D eigenvalue weighted by atomic mass is 16.5. The molecule has 0 spiro atoms. The highest BCUT2D eigenvalue weighted by molar-refractivity contribution is 5.08. The number of aromatic nitrogens is 2. The lowest BCUT2D eigenvalue weighted by Gasteiger charge is -2.12. The molecule has 0 aromatic carbocycles. The van der Waals surface area contributed by atoms with Gasteiger partial charge in [-0.1, -0.05) is 0 Å². The zero-order valence-electron chi connectivity index (χ0n) is 7.68. The van der Waals surface area contributed by atoms with Gasteiger partial charge in [0.2, 0.25) is 0 Å². The van der Waals surface area contributed by atoms with Crippen LogP contribution in [0, 0.1) is 0 Å². The van der Waals surface area contributed by atoms with Gasteiger partial charge in [0.1, 0.15) is 0 Å². The van der Waals surface area contributed by atoms with Crippen LogP contribution in [0.3, 0.4) is 0 Å². The van der Waals surface area contributed by atoms with Crippen LogP contribution < -0.4 is 5.73 Å². The van der Waals surface area contributed by atoms with Crippen LogP contribution in [0.2, 0.25) is 0 Å². The van der Waals surface area contributed by atoms with Crippen molar-refractivity contribution in [3.8, 4) is 0 Å². The van der Waals surface area contributed by atoms with Crippen molar-refractivity contribution in [2.24, 2.45) is 12.8 Å². The minimum absolute atomic E-state index is 0.0107. The number of aryl methyl sites for hydroxylation is 1. The largest absolute Gasteiger partial charge is 0.394 e. The van der Waals surface area contributed by atoms with Crippen molar-refractivity contribution in [2.75, 3.05) is 19.8 Å². The Hall–Kier alpha value is -0.910. The molecule has 13 heavy (non-hydrogen) atoms. The molecule has 0 saturated heterocycles. The molecular formula is C8H15N3O2. The maximum Gasteiger partial charge on any atom is 0.0978 e. The van der Waals surface area contributed by atoms with Gasteiger partial charge >= 0.3 is 0 Å². The molecular weight excluding hydrogens is 170 g/mol. The highest BCUT2D eigenvalue weighted by Gasteiger charge is 2.10. The molecule has 1 atom stereocenters. The van der Waals surface area contributed by atoms with Crippen LogP contribution in [0.1, 0.15) is 11.7 Å². The fourth-order valence-electron chi connectivity index (χ4n) is 1.10. The van der Waals surface area contributed by atoms with E-state index >= 15 is 0 Å². The Kier molecular flexibility index (Phi) is 3.88. The van der Waals surface area contributed by atoms with Gasteiger partial charge in [0.25, 0.3) is 0 Å². The molecule has 74 valence electrons. The van der Waals surface area contributed by atoms with E-state index < -0.39 is 0 Å². The Morgan fingerprint density at radius 2 is 2.54 bits per heavy atom. The van der Waals surface area contributed by atoms with Crippen molar-refractivity contribution in [1.82, 2.24) is 9.78 Å². The predicted molar refractivity (Wildman–Crippen MR) is 48.0 cm³/mol. The Morgan fingerprint density at radius 1 is 1.77 bits per heavy atom. The molecule has 1 rings (SSSR count). The molecule has 0 radical (unpaired) electrons. The smallest absolute Gasteiger partial charge is 0.0978 e. The van der Waals surface area contributed by atoms with Gasteiger partial charge < -0.3 is 15.6 Å². The number of hydrogen-bond donors (Lipinski definition) is 2. The summed E-state index contributed by atoms with van der Waals surface area (Å²) >= 11 is 0. The molecule has 0 aliphatic rings. The molecule has 0 bridgehead atoms. The van der Waals surface area contributed by atoms with Gasteiger partial charge in [-0.2, -0.15) is 5.10 Å². The van der Waals surface area contributed by atoms with Crippen LogP contribution in [-0.2, 0) is 11.8 Å². The van der Waals surface area contributed by atoms with Gasteiger partial charge in [0.05, 0.1) is 25.5 Å². The number of hydrogen-bond acceptors (Lipinski definition) is 4. The number of nitrogens with two attached hydrogens (primary N) is 1. The zero-order chi connectivity index (χ0) is 9.68. The van der Waals surface area contributed by atoms with Gasteiger partial charge in [0.15, 0.2) is 0 Å². The molecule has 0 amide bonds. The number of ether oxygens (including phenoxy) is 1. The Balaban J connectivity index is 2.56. The molecule has 1 aromatic rings. The lowest BCUT2D eigenvalue weighted by molar-refractivity contribution is 0.0328. The molecule has 5 heteroatoms. The molecule has 0 fully saturated rings. The Labute approximate surface area is 77.1 Å². The van der Waals surface area contributed by atoms with E-state index in [9.17, 15) is 0 Å². The quantitative estimate of drug-likeness (QED) is 0.644. The third kappa shape index (κ3) is 2.80. The van der Waals surface area contributed by atoms with E-state index in [0.717, 1.165) is 5.56 Å². The van der Waals surface area contributed by atoms with E-state index in [1.165, 1.54) is 0 Å². The first-order chi connectivity index (χ1) is 6.27. The third-order valence-corrected chi connectivity index (χ3v) is 1.72. The molecule has 3 N–H and O–H groups in total. The van der Waals surface area contributed by atoms with Gasteiger partial charge in [-0.15, -0.1) is 0 Å². The van der Waals surface area contributed by atoms with Crippen molar-refractivity contribution in [3.05, 3.63) is 18.0 Å². The zero-order valence-corrected chi connectivity index (χ0v) is 7.68. The van der Waals surface area contributed by atoms with Crippen LogP contribution in [0.5, 0.6) is 0 Å². The lowest BCUT2D eigenvalue weighted by Crippen LogP contribution is -2.17. The monoisotopic (exact) mass is 185 g/mol. The number of aliphatic hydroxyl groups excluding tert-OH is 1. The Morgan fingerprint density at radius 3 is 3.00 bits per heavy atom. The average Bonchev–Trinajstić information content (AvgIpc) is 2.54. The van der Waals surface area contributed by atoms with Gasteiger partial charge in [-0.3, -0.25) is 4.68 Å². The molecule has 0 aliphatic heterocycles. The molecule has 5 nitrogen and oxygen atoms in total. The summed E-state index contributed by atoms with van der Waals surface area (Å²) in [5.41, 5.74) is 6.45. The fourth-order valence-corrected chi connectivity index (χ4v) is 1.10. The topological polar surface area (TPSA) is 73.3 Å². The van der Waals surface area contributed by atoms with E-state index in [1.807, 2.05) is 13.2 Å². The molecule has 1 aromatic heterocycles. The normalized spacial score (nSPS) is 13.2. The van der Waals surface area contributed by atoms with Crippen molar-refractivity contribution < 1.29 is 9.84 Å². The Bertz CT molecular complexity index is 249. The van der Waals surface area contributed by atoms with Crippen molar-refractivity contribution >= 4 is 0 Å². The summed E-state index contributed by atoms with van der Waals surface area (Å²) < 4.78 is 7.01. The van der Waals surface area contributed by atoms with Crippen LogP contribution in [0.15, 0.2) is 12.4 Å². The van der Waals surface area contributed by atoms with E-state index in [2.05, 4.69) is 5.10 Å². The second-order valence-electron chi connectivity index (χ2n) is 2.77. The molecule has 1 heterocycles. The first-order valence-electron chi connectivity index (χ1n) is 4.19. The van der Waals surface area contributed by atoms with E-state index in [1.54, 1.807) is 10.9 Å². The maximum atomic E-state index is 8.58. The molecule has 0 aliphatic carbocycles. The fraction of sp³-hybridized carbons (Fsp3) is 0.625. The highest BCUT2D eigenvalue weighted by Crippen LogP contribution is 2.14. The van der Waals surface area contributed by atoms with Crippen molar-refractivity contribution in [3.63, 3.8) is 0 Å². The average molecular weight is 185 g/mol. The second kappa shape index (κ2) is 4.96. The number of nitrogens with zero attached hydrogens (tertiary/aromatic N) is 2. The standard InChI is InChI=1S/C8H15N3O2/c1-11-6-7(5-10-11)8(4-9)13-3-2-12/h5-6,8,12H,2-4,9H2,1H3. The van der Waals surface area contributed by atoms with Crippen molar-refractivity contribution in [2.45, 2.75) is 6.10 Å². The van der Waals surface area contributed by atoms with Gasteiger partial charge in [0, 0.05) is 25.4 Å². The number of aliphatic hydroxyl groups is 1. The van der Waals surface area contributed by atoms with Crippen LogP contribution >= 0.6 is 0 Å². The summed E-state index contributed by atoms with van der Waals surface area (Å²) in [6.07, 6.45) is 3.41. The third-order valence-electron chi connectivity index (χ3n) is 1.72. The van der Waals surface area contributed by atoms with Crippen LogP contribution in [0.25, 0.3) is 0 Å². The first-order valence-corrected chi connectivity index (χ1v) is 4.19. The number of rotatable bonds is 5. The van der Waals surface area contributed by atoms with E-state index in [0.29, 0.717) is 13.2 Å². The second-order valence-corrected chi connectivity index (χ2v) is 2.77. The summed E-state index contributed by atoms with van der Waals surface area (Å²) in [5, 5.41) is 12.6. The summed E-state index contributed by atoms with van der Waals surface area (Å²) in [6, 6.07) is 0. The molecule has 0 saturated carbocycles. The predicted octanol–water partition coefficient (Wildman–Crippen LogP) is -0.571. The maximum absolute atomic E-state index is 8.58. The minimum Gasteiger partial charge on any atom is -0.394 e. The van der Waals surface area contributed by atoms with Crippen molar-refractivity contribution in [1.29, 1.82) is 0 Å². The molecule has 1 unspecified atom stereocenters. The van der Waals surface area contributed by atoms with Gasteiger partial charge in [-0.25, -0.2) is 0 Å². The lowest BCUT2D eigenvalue weighted by atomic mass is 10.2. The summed E-state index contributed by atoms with van der Waals surface area (Å²) in [4.78, 5) is 0. The van der Waals surface area contributed by atoms with E-state index in [4.69, 9.17) is 15.6 Å². The first kappa shape index (κ1) is 10.2. The summed E-state index contributed by atoms with van der Waals surface area (Å²) in [6.45, 7) is 0.708.